The van der Waals surface area contributed by atoms with Gasteiger partial charge in [0, 0.05) is 45.1 Å². The number of anilines is 1. The largest absolute Gasteiger partial charge is 0.356 e. The monoisotopic (exact) mass is 380 g/mol. The highest BCUT2D eigenvalue weighted by atomic mass is 16.7. The molecule has 0 saturated carbocycles. The maximum Gasteiger partial charge on any atom is 0.272 e. The van der Waals surface area contributed by atoms with Gasteiger partial charge < -0.3 is 19.3 Å². The number of hydrogen-bond acceptors (Lipinski definition) is 6. The van der Waals surface area contributed by atoms with Crippen molar-refractivity contribution in [1.29, 1.82) is 0 Å². The van der Waals surface area contributed by atoms with Crippen molar-refractivity contribution >= 4 is 11.7 Å². The highest BCUT2D eigenvalue weighted by Crippen LogP contribution is 2.32. The number of carbonyl (C=O) groups is 1. The van der Waals surface area contributed by atoms with Crippen LogP contribution in [0, 0.1) is 0 Å². The SMILES string of the molecule is O=C(c1cc(N2CCC3(CC2)OCCO3)ncn1)N1CCc2ccccc2C1. The van der Waals surface area contributed by atoms with Crippen molar-refractivity contribution in [3.63, 3.8) is 0 Å². The van der Waals surface area contributed by atoms with Gasteiger partial charge in [-0.3, -0.25) is 4.79 Å². The van der Waals surface area contributed by atoms with E-state index in [1.54, 1.807) is 0 Å². The molecular formula is C21H24N4O3. The first-order valence-electron chi connectivity index (χ1n) is 9.93. The maximum atomic E-state index is 13.0. The average molecular weight is 380 g/mol. The van der Waals surface area contributed by atoms with E-state index in [4.69, 9.17) is 9.47 Å². The molecule has 0 N–H and O–H groups in total. The molecule has 0 unspecified atom stereocenters. The molecule has 7 nitrogen and oxygen atoms in total. The minimum Gasteiger partial charge on any atom is -0.356 e. The molecule has 1 spiro atoms. The molecule has 0 bridgehead atoms. The van der Waals surface area contributed by atoms with Crippen molar-refractivity contribution < 1.29 is 14.3 Å². The third-order valence-electron chi connectivity index (χ3n) is 5.95. The van der Waals surface area contributed by atoms with E-state index in [2.05, 4.69) is 33.1 Å². The molecule has 2 aromatic rings. The van der Waals surface area contributed by atoms with Gasteiger partial charge in [0.15, 0.2) is 5.79 Å². The Labute approximate surface area is 164 Å². The summed E-state index contributed by atoms with van der Waals surface area (Å²) in [6.07, 6.45) is 3.99. The molecule has 2 saturated heterocycles. The van der Waals surface area contributed by atoms with Crippen LogP contribution in [0.15, 0.2) is 36.7 Å². The summed E-state index contributed by atoms with van der Waals surface area (Å²) >= 11 is 0. The van der Waals surface area contributed by atoms with E-state index in [1.807, 2.05) is 17.0 Å². The minimum absolute atomic E-state index is 0.0332. The van der Waals surface area contributed by atoms with E-state index in [0.717, 1.165) is 44.7 Å². The van der Waals surface area contributed by atoms with Crippen LogP contribution in [0.1, 0.15) is 34.5 Å². The first-order valence-corrected chi connectivity index (χ1v) is 9.93. The van der Waals surface area contributed by atoms with Gasteiger partial charge in [-0.15, -0.1) is 0 Å². The van der Waals surface area contributed by atoms with Gasteiger partial charge in [-0.1, -0.05) is 24.3 Å². The predicted molar refractivity (Wildman–Crippen MR) is 103 cm³/mol. The van der Waals surface area contributed by atoms with Crippen LogP contribution in [0.2, 0.25) is 0 Å². The van der Waals surface area contributed by atoms with Crippen LogP contribution in [-0.2, 0) is 22.4 Å². The Morgan fingerprint density at radius 1 is 1.00 bits per heavy atom. The summed E-state index contributed by atoms with van der Waals surface area (Å²) in [5.74, 6) is 0.348. The van der Waals surface area contributed by atoms with E-state index in [-0.39, 0.29) is 5.91 Å². The normalized spacial score (nSPS) is 21.0. The zero-order chi connectivity index (χ0) is 19.0. The number of piperidine rings is 1. The zero-order valence-corrected chi connectivity index (χ0v) is 15.8. The van der Waals surface area contributed by atoms with Crippen LogP contribution in [0.4, 0.5) is 5.82 Å². The number of ether oxygens (including phenoxy) is 2. The second-order valence-electron chi connectivity index (χ2n) is 7.60. The second kappa shape index (κ2) is 7.14. The Hall–Kier alpha value is -2.51. The van der Waals surface area contributed by atoms with Crippen molar-refractivity contribution in [2.45, 2.75) is 31.6 Å². The molecule has 4 heterocycles. The number of benzene rings is 1. The van der Waals surface area contributed by atoms with Gasteiger partial charge in [0.25, 0.3) is 5.91 Å². The van der Waals surface area contributed by atoms with Crippen LogP contribution in [0.25, 0.3) is 0 Å². The summed E-state index contributed by atoms with van der Waals surface area (Å²) in [6, 6.07) is 10.1. The predicted octanol–water partition coefficient (Wildman–Crippen LogP) is 2.02. The Bertz CT molecular complexity index is 871. The lowest BCUT2D eigenvalue weighted by Gasteiger charge is -2.38. The van der Waals surface area contributed by atoms with Crippen LogP contribution in [0.3, 0.4) is 0 Å². The first-order chi connectivity index (χ1) is 13.7. The summed E-state index contributed by atoms with van der Waals surface area (Å²) in [6.45, 7) is 4.28. The zero-order valence-electron chi connectivity index (χ0n) is 15.8. The molecule has 0 atom stereocenters. The fourth-order valence-electron chi connectivity index (χ4n) is 4.33. The standard InChI is InChI=1S/C21H24N4O3/c26-20(25-8-5-16-3-1-2-4-17(16)14-25)18-13-19(23-15-22-18)24-9-6-21(7-10-24)27-11-12-28-21/h1-4,13,15H,5-12,14H2. The van der Waals surface area contributed by atoms with E-state index in [9.17, 15) is 4.79 Å². The van der Waals surface area contributed by atoms with Gasteiger partial charge in [0.1, 0.15) is 17.8 Å². The molecule has 146 valence electrons. The van der Waals surface area contributed by atoms with Crippen molar-refractivity contribution in [2.24, 2.45) is 0 Å². The maximum absolute atomic E-state index is 13.0. The molecular weight excluding hydrogens is 356 g/mol. The Morgan fingerprint density at radius 3 is 2.54 bits per heavy atom. The molecule has 7 heteroatoms. The van der Waals surface area contributed by atoms with E-state index in [1.165, 1.54) is 17.5 Å². The first kappa shape index (κ1) is 17.6. The number of carbonyl (C=O) groups excluding carboxylic acids is 1. The Morgan fingerprint density at radius 2 is 1.75 bits per heavy atom. The molecule has 3 aliphatic rings. The van der Waals surface area contributed by atoms with E-state index in [0.29, 0.717) is 25.5 Å². The molecule has 1 aromatic carbocycles. The van der Waals surface area contributed by atoms with E-state index >= 15 is 0 Å². The number of hydrogen-bond donors (Lipinski definition) is 0. The van der Waals surface area contributed by atoms with Crippen molar-refractivity contribution in [3.8, 4) is 0 Å². The van der Waals surface area contributed by atoms with Gasteiger partial charge in [-0.2, -0.15) is 0 Å². The van der Waals surface area contributed by atoms with Crippen LogP contribution in [-0.4, -0.2) is 59.4 Å². The molecule has 28 heavy (non-hydrogen) atoms. The van der Waals surface area contributed by atoms with E-state index < -0.39 is 5.79 Å². The smallest absolute Gasteiger partial charge is 0.272 e. The lowest BCUT2D eigenvalue weighted by Crippen LogP contribution is -2.45. The molecule has 0 aliphatic carbocycles. The number of amides is 1. The van der Waals surface area contributed by atoms with Crippen LogP contribution >= 0.6 is 0 Å². The quantitative estimate of drug-likeness (QED) is 0.794. The number of nitrogens with zero attached hydrogens (tertiary/aromatic N) is 4. The van der Waals surface area contributed by atoms with Crippen molar-refractivity contribution in [3.05, 3.63) is 53.5 Å². The lowest BCUT2D eigenvalue weighted by atomic mass is 10.00. The lowest BCUT2D eigenvalue weighted by molar-refractivity contribution is -0.169. The second-order valence-corrected chi connectivity index (χ2v) is 7.60. The number of aromatic nitrogens is 2. The fraction of sp³-hybridized carbons (Fsp3) is 0.476. The molecule has 2 fully saturated rings. The fourth-order valence-corrected chi connectivity index (χ4v) is 4.33. The Balaban J connectivity index is 1.29. The Kier molecular flexibility index (Phi) is 4.49. The summed E-state index contributed by atoms with van der Waals surface area (Å²) in [5, 5.41) is 0. The molecule has 0 radical (unpaired) electrons. The summed E-state index contributed by atoms with van der Waals surface area (Å²) in [5.41, 5.74) is 3.00. The summed E-state index contributed by atoms with van der Waals surface area (Å²) in [7, 11) is 0. The van der Waals surface area contributed by atoms with Crippen molar-refractivity contribution in [1.82, 2.24) is 14.9 Å². The van der Waals surface area contributed by atoms with Crippen LogP contribution in [0.5, 0.6) is 0 Å². The molecule has 1 amide bonds. The van der Waals surface area contributed by atoms with Gasteiger partial charge in [-0.05, 0) is 17.5 Å². The summed E-state index contributed by atoms with van der Waals surface area (Å²) < 4.78 is 11.6. The van der Waals surface area contributed by atoms with Gasteiger partial charge in [0.2, 0.25) is 0 Å². The number of rotatable bonds is 2. The third-order valence-corrected chi connectivity index (χ3v) is 5.95. The van der Waals surface area contributed by atoms with Gasteiger partial charge >= 0.3 is 0 Å². The molecule has 1 aromatic heterocycles. The summed E-state index contributed by atoms with van der Waals surface area (Å²) in [4.78, 5) is 25.7. The van der Waals surface area contributed by atoms with Gasteiger partial charge in [-0.25, -0.2) is 9.97 Å². The van der Waals surface area contributed by atoms with Crippen molar-refractivity contribution in [2.75, 3.05) is 37.7 Å². The van der Waals surface area contributed by atoms with Gasteiger partial charge in [0.05, 0.1) is 13.2 Å². The average Bonchev–Trinajstić information content (AvgIpc) is 3.21. The molecule has 3 aliphatic heterocycles. The minimum atomic E-state index is -0.413. The topological polar surface area (TPSA) is 67.8 Å². The highest BCUT2D eigenvalue weighted by molar-refractivity contribution is 5.93. The molecule has 5 rings (SSSR count). The highest BCUT2D eigenvalue weighted by Gasteiger charge is 2.40. The third kappa shape index (κ3) is 3.25. The van der Waals surface area contributed by atoms with Crippen LogP contribution < -0.4 is 4.90 Å². The number of fused-ring (bicyclic) bond motifs is 1.